The van der Waals surface area contributed by atoms with Crippen molar-refractivity contribution in [3.63, 3.8) is 0 Å². The number of carbonyl (C=O) groups is 1. The molecule has 1 aliphatic heterocycles. The minimum absolute atomic E-state index is 0.134. The van der Waals surface area contributed by atoms with E-state index in [4.69, 9.17) is 4.99 Å². The van der Waals surface area contributed by atoms with Gasteiger partial charge >= 0.3 is 0 Å². The van der Waals surface area contributed by atoms with Crippen molar-refractivity contribution in [1.82, 2.24) is 15.1 Å². The molecule has 3 aromatic carbocycles. The molecule has 0 aliphatic carbocycles. The molecule has 212 valence electrons. The number of aliphatic imine (C=N–C) groups is 1. The molecule has 0 spiro atoms. The molecule has 6 nitrogen and oxygen atoms in total. The number of amidine groups is 1. The molecule has 1 aliphatic rings. The number of nitrogens with zero attached hydrogens (tertiary/aromatic N) is 3. The summed E-state index contributed by atoms with van der Waals surface area (Å²) >= 11 is 1.63. The Bertz CT molecular complexity index is 1240. The smallest absolute Gasteiger partial charge is 0.255 e. The maximum Gasteiger partial charge on any atom is 0.255 e. The lowest BCUT2D eigenvalue weighted by Crippen LogP contribution is -2.45. The maximum atomic E-state index is 13.1. The van der Waals surface area contributed by atoms with Gasteiger partial charge in [-0.25, -0.2) is 0 Å². The molecule has 0 atom stereocenters. The second kappa shape index (κ2) is 16.7. The zero-order valence-corrected chi connectivity index (χ0v) is 25.1. The number of amides is 1. The predicted octanol–water partition coefficient (Wildman–Crippen LogP) is 6.59. The lowest BCUT2D eigenvalue weighted by Gasteiger charge is -2.32. The van der Waals surface area contributed by atoms with Crippen LogP contribution in [0.15, 0.2) is 96.1 Å². The van der Waals surface area contributed by atoms with Crippen LogP contribution in [0.2, 0.25) is 0 Å². The van der Waals surface area contributed by atoms with Crippen LogP contribution in [0.4, 0.5) is 5.69 Å². The van der Waals surface area contributed by atoms with E-state index >= 15 is 0 Å². The molecule has 0 unspecified atom stereocenters. The van der Waals surface area contributed by atoms with Gasteiger partial charge in [0.25, 0.3) is 5.91 Å². The van der Waals surface area contributed by atoms with Crippen molar-refractivity contribution in [2.24, 2.45) is 4.99 Å². The summed E-state index contributed by atoms with van der Waals surface area (Å²) in [6.45, 7) is 16.7. The van der Waals surface area contributed by atoms with Gasteiger partial charge in [0, 0.05) is 56.2 Å². The Morgan fingerprint density at radius 3 is 2.25 bits per heavy atom. The lowest BCUT2D eigenvalue weighted by atomic mass is 10.0. The van der Waals surface area contributed by atoms with Crippen molar-refractivity contribution in [3.05, 3.63) is 102 Å². The van der Waals surface area contributed by atoms with Crippen molar-refractivity contribution in [2.45, 2.75) is 27.3 Å². The summed E-state index contributed by atoms with van der Waals surface area (Å²) in [5, 5.41) is 7.42. The molecular formula is C33H43N5OS. The normalized spacial score (nSPS) is 13.7. The van der Waals surface area contributed by atoms with Gasteiger partial charge in [0.15, 0.2) is 5.17 Å². The van der Waals surface area contributed by atoms with E-state index in [-0.39, 0.29) is 5.91 Å². The van der Waals surface area contributed by atoms with Gasteiger partial charge in [0.1, 0.15) is 0 Å². The standard InChI is InChI=1S/C31H37N5OS.C2H6/c1-4-36(24(2)23-35-20-18-32-19-21-35)31(38-3)33-22-28-12-8-9-13-29(28)34-30(37)27-16-14-26(15-17-27)25-10-6-5-7-11-25;1-2/h5-17,32H,2,4,18-23H2,1,3H3,(H,34,37);1-2H3. The van der Waals surface area contributed by atoms with Crippen LogP contribution in [0.5, 0.6) is 0 Å². The van der Waals surface area contributed by atoms with Gasteiger partial charge in [-0.1, -0.05) is 92.9 Å². The van der Waals surface area contributed by atoms with Gasteiger partial charge in [-0.2, -0.15) is 0 Å². The molecule has 40 heavy (non-hydrogen) atoms. The number of carbonyl (C=O) groups excluding carboxylic acids is 1. The van der Waals surface area contributed by atoms with Crippen LogP contribution in [-0.2, 0) is 6.54 Å². The molecule has 7 heteroatoms. The van der Waals surface area contributed by atoms with E-state index in [0.717, 1.165) is 72.5 Å². The van der Waals surface area contributed by atoms with E-state index in [9.17, 15) is 4.79 Å². The summed E-state index contributed by atoms with van der Waals surface area (Å²) < 4.78 is 0. The summed E-state index contributed by atoms with van der Waals surface area (Å²) in [6.07, 6.45) is 2.05. The first kappa shape index (κ1) is 31.1. The molecule has 4 rings (SSSR count). The molecule has 1 amide bonds. The number of hydrogen-bond acceptors (Lipinski definition) is 5. The Morgan fingerprint density at radius 1 is 0.975 bits per heavy atom. The number of para-hydroxylation sites is 1. The molecular weight excluding hydrogens is 514 g/mol. The minimum atomic E-state index is -0.134. The van der Waals surface area contributed by atoms with Crippen molar-refractivity contribution < 1.29 is 4.79 Å². The van der Waals surface area contributed by atoms with E-state index in [0.29, 0.717) is 12.1 Å². The quantitative estimate of drug-likeness (QED) is 0.230. The van der Waals surface area contributed by atoms with Crippen LogP contribution in [0.25, 0.3) is 11.1 Å². The first-order chi connectivity index (χ1) is 19.6. The molecule has 1 saturated heterocycles. The van der Waals surface area contributed by atoms with Gasteiger partial charge in [-0.05, 0) is 48.1 Å². The number of thioether (sulfide) groups is 1. The van der Waals surface area contributed by atoms with Crippen LogP contribution in [0, 0.1) is 0 Å². The Hall–Kier alpha value is -3.39. The number of likely N-dealkylation sites (N-methyl/N-ethyl adjacent to an activating group) is 1. The highest BCUT2D eigenvalue weighted by molar-refractivity contribution is 8.13. The van der Waals surface area contributed by atoms with Crippen molar-refractivity contribution in [1.29, 1.82) is 0 Å². The second-order valence-electron chi connectivity index (χ2n) is 9.19. The summed E-state index contributed by atoms with van der Waals surface area (Å²) in [5.74, 6) is -0.134. The van der Waals surface area contributed by atoms with Gasteiger partial charge in [0.05, 0.1) is 6.54 Å². The van der Waals surface area contributed by atoms with Crippen molar-refractivity contribution in [2.75, 3.05) is 50.8 Å². The Morgan fingerprint density at radius 2 is 1.60 bits per heavy atom. The van der Waals surface area contributed by atoms with Crippen LogP contribution >= 0.6 is 11.8 Å². The topological polar surface area (TPSA) is 60.0 Å². The largest absolute Gasteiger partial charge is 0.325 e. The van der Waals surface area contributed by atoms with Crippen LogP contribution < -0.4 is 10.6 Å². The zero-order valence-electron chi connectivity index (χ0n) is 24.3. The van der Waals surface area contributed by atoms with Crippen LogP contribution in [0.1, 0.15) is 36.7 Å². The highest BCUT2D eigenvalue weighted by Crippen LogP contribution is 2.22. The second-order valence-corrected chi connectivity index (χ2v) is 9.97. The molecule has 0 radical (unpaired) electrons. The number of hydrogen-bond donors (Lipinski definition) is 2. The van der Waals surface area contributed by atoms with Crippen molar-refractivity contribution in [3.8, 4) is 11.1 Å². The monoisotopic (exact) mass is 557 g/mol. The molecule has 1 heterocycles. The lowest BCUT2D eigenvalue weighted by molar-refractivity contribution is 0.102. The third-order valence-corrected chi connectivity index (χ3v) is 7.35. The molecule has 0 saturated carbocycles. The first-order valence-corrected chi connectivity index (χ1v) is 15.3. The first-order valence-electron chi connectivity index (χ1n) is 14.1. The zero-order chi connectivity index (χ0) is 28.7. The Labute approximate surface area is 244 Å². The van der Waals surface area contributed by atoms with E-state index in [1.165, 1.54) is 0 Å². The van der Waals surface area contributed by atoms with Crippen LogP contribution in [0.3, 0.4) is 0 Å². The van der Waals surface area contributed by atoms with Gasteiger partial charge < -0.3 is 15.5 Å². The fourth-order valence-electron chi connectivity index (χ4n) is 4.54. The van der Waals surface area contributed by atoms with E-state index in [2.05, 4.69) is 46.1 Å². The van der Waals surface area contributed by atoms with Crippen molar-refractivity contribution >= 4 is 28.5 Å². The number of anilines is 1. The average Bonchev–Trinajstić information content (AvgIpc) is 3.01. The third-order valence-electron chi connectivity index (χ3n) is 6.63. The molecule has 2 N–H and O–H groups in total. The number of nitrogens with one attached hydrogen (secondary N) is 2. The predicted molar refractivity (Wildman–Crippen MR) is 173 cm³/mol. The van der Waals surface area contributed by atoms with E-state index in [1.807, 2.05) is 86.8 Å². The summed E-state index contributed by atoms with van der Waals surface area (Å²) in [5.41, 5.74) is 5.63. The third kappa shape index (κ3) is 8.81. The fraction of sp³-hybridized carbons (Fsp3) is 0.333. The molecule has 3 aromatic rings. The number of rotatable bonds is 9. The summed E-state index contributed by atoms with van der Waals surface area (Å²) in [6, 6.07) is 25.7. The summed E-state index contributed by atoms with van der Waals surface area (Å²) in [4.78, 5) is 22.6. The number of piperazine rings is 1. The highest BCUT2D eigenvalue weighted by Gasteiger charge is 2.17. The Kier molecular flexibility index (Phi) is 13.0. The molecule has 0 aromatic heterocycles. The minimum Gasteiger partial charge on any atom is -0.325 e. The van der Waals surface area contributed by atoms with Gasteiger partial charge in [0.2, 0.25) is 0 Å². The van der Waals surface area contributed by atoms with E-state index in [1.54, 1.807) is 11.8 Å². The average molecular weight is 558 g/mol. The number of benzene rings is 3. The van der Waals surface area contributed by atoms with Crippen LogP contribution in [-0.4, -0.2) is 66.4 Å². The fourth-order valence-corrected chi connectivity index (χ4v) is 5.21. The van der Waals surface area contributed by atoms with Gasteiger partial charge in [-0.15, -0.1) is 0 Å². The SMILES string of the molecule is C=C(CN1CCNCC1)N(CC)C(=NCc1ccccc1NC(=O)c1ccc(-c2ccccc2)cc1)SC.CC. The van der Waals surface area contributed by atoms with E-state index < -0.39 is 0 Å². The molecule has 0 bridgehead atoms. The van der Waals surface area contributed by atoms with Gasteiger partial charge in [-0.3, -0.25) is 14.7 Å². The highest BCUT2D eigenvalue weighted by atomic mass is 32.2. The maximum absolute atomic E-state index is 13.1. The summed E-state index contributed by atoms with van der Waals surface area (Å²) in [7, 11) is 0. The molecule has 1 fully saturated rings. The Balaban J connectivity index is 0.00000216.